The van der Waals surface area contributed by atoms with Crippen LogP contribution in [0.4, 0.5) is 0 Å². The minimum absolute atomic E-state index is 0.106. The van der Waals surface area contributed by atoms with Crippen LogP contribution in [0.15, 0.2) is 97.1 Å². The highest BCUT2D eigenvalue weighted by molar-refractivity contribution is 6.16. The summed E-state index contributed by atoms with van der Waals surface area (Å²) in [4.78, 5) is 0. The smallest absolute Gasteiger partial charge is 0.0171 e. The van der Waals surface area contributed by atoms with Crippen molar-refractivity contribution in [2.45, 2.75) is 33.1 Å². The molecule has 0 aliphatic heterocycles. The van der Waals surface area contributed by atoms with Crippen LogP contribution in [-0.2, 0) is 5.41 Å². The third kappa shape index (κ3) is 2.64. The largest absolute Gasteiger partial charge is 0.0683 e. The van der Waals surface area contributed by atoms with Gasteiger partial charge in [-0.1, -0.05) is 119 Å². The SMILES string of the molecule is CC.CC1(C)c2c(ccc3c2ccc2ccccc23)-c2cccc3cc4ccccc4c1c23. The van der Waals surface area contributed by atoms with Crippen LogP contribution in [0.5, 0.6) is 0 Å². The van der Waals surface area contributed by atoms with Crippen molar-refractivity contribution in [2.24, 2.45) is 0 Å². The van der Waals surface area contributed by atoms with E-state index < -0.39 is 0 Å². The maximum Gasteiger partial charge on any atom is 0.0171 e. The molecule has 0 atom stereocenters. The summed E-state index contributed by atoms with van der Waals surface area (Å²) in [6.45, 7) is 8.83. The number of fused-ring (bicyclic) bond motifs is 8. The fraction of sp³-hybridized carbons (Fsp3) is 0.152. The molecule has 6 aromatic rings. The fourth-order valence-corrected chi connectivity index (χ4v) is 6.11. The zero-order valence-corrected chi connectivity index (χ0v) is 19.7. The molecule has 0 heterocycles. The first kappa shape index (κ1) is 20.0. The van der Waals surface area contributed by atoms with Gasteiger partial charge in [0.25, 0.3) is 0 Å². The minimum Gasteiger partial charge on any atom is -0.0683 e. The first-order valence-corrected chi connectivity index (χ1v) is 12.0. The van der Waals surface area contributed by atoms with E-state index in [0.717, 1.165) is 0 Å². The van der Waals surface area contributed by atoms with Crippen molar-refractivity contribution in [3.8, 4) is 11.1 Å². The lowest BCUT2D eigenvalue weighted by Crippen LogP contribution is -2.24. The van der Waals surface area contributed by atoms with Crippen LogP contribution >= 0.6 is 0 Å². The van der Waals surface area contributed by atoms with Crippen LogP contribution in [0.2, 0.25) is 0 Å². The van der Waals surface area contributed by atoms with Gasteiger partial charge in [-0.15, -0.1) is 0 Å². The van der Waals surface area contributed by atoms with Crippen LogP contribution in [0.1, 0.15) is 38.8 Å². The van der Waals surface area contributed by atoms with Gasteiger partial charge in [-0.2, -0.15) is 0 Å². The Morgan fingerprint density at radius 1 is 0.455 bits per heavy atom. The van der Waals surface area contributed by atoms with Gasteiger partial charge >= 0.3 is 0 Å². The van der Waals surface area contributed by atoms with Crippen molar-refractivity contribution < 1.29 is 0 Å². The molecule has 0 aromatic heterocycles. The van der Waals surface area contributed by atoms with E-state index in [2.05, 4.69) is 111 Å². The summed E-state index contributed by atoms with van der Waals surface area (Å²) in [5.41, 5.74) is 5.55. The summed E-state index contributed by atoms with van der Waals surface area (Å²) < 4.78 is 0. The maximum atomic E-state index is 2.41. The lowest BCUT2D eigenvalue weighted by Gasteiger charge is -2.37. The average molecular weight is 425 g/mol. The van der Waals surface area contributed by atoms with Gasteiger partial charge in [-0.3, -0.25) is 0 Å². The first-order chi connectivity index (χ1) is 16.1. The van der Waals surface area contributed by atoms with Gasteiger partial charge in [0.15, 0.2) is 0 Å². The van der Waals surface area contributed by atoms with E-state index in [1.165, 1.54) is 65.3 Å². The molecular weight excluding hydrogens is 396 g/mol. The van der Waals surface area contributed by atoms with Crippen molar-refractivity contribution in [3.63, 3.8) is 0 Å². The second-order valence-electron chi connectivity index (χ2n) is 9.37. The number of rotatable bonds is 0. The molecular formula is C33H28. The van der Waals surface area contributed by atoms with Crippen molar-refractivity contribution in [1.29, 1.82) is 0 Å². The second-order valence-corrected chi connectivity index (χ2v) is 9.37. The lowest BCUT2D eigenvalue weighted by molar-refractivity contribution is 0.657. The quantitative estimate of drug-likeness (QED) is 0.168. The summed E-state index contributed by atoms with van der Waals surface area (Å²) in [6, 6.07) is 36.1. The molecule has 160 valence electrons. The van der Waals surface area contributed by atoms with Gasteiger partial charge in [0.2, 0.25) is 0 Å². The highest BCUT2D eigenvalue weighted by atomic mass is 14.4. The van der Waals surface area contributed by atoms with Gasteiger partial charge in [0.1, 0.15) is 0 Å². The normalized spacial score (nSPS) is 13.7. The zero-order chi connectivity index (χ0) is 22.7. The van der Waals surface area contributed by atoms with Crippen molar-refractivity contribution in [2.75, 3.05) is 0 Å². The first-order valence-electron chi connectivity index (χ1n) is 12.0. The van der Waals surface area contributed by atoms with Crippen LogP contribution in [0.3, 0.4) is 0 Å². The molecule has 0 saturated carbocycles. The summed E-state index contributed by atoms with van der Waals surface area (Å²) in [7, 11) is 0. The maximum absolute atomic E-state index is 2.41. The fourth-order valence-electron chi connectivity index (χ4n) is 6.11. The van der Waals surface area contributed by atoms with Crippen LogP contribution in [0.25, 0.3) is 54.2 Å². The summed E-state index contributed by atoms with van der Waals surface area (Å²) >= 11 is 0. The standard InChI is InChI=1S/C31H22.C2H6/c1-31(2)29-26-15-14-19-8-3-5-11-22(19)24(26)16-17-27(29)25-13-7-10-21-18-20-9-4-6-12-23(20)30(31)28(21)25;1-2/h3-18H,1-2H3;1-2H3. The second kappa shape index (κ2) is 7.18. The molecule has 0 amide bonds. The predicted molar refractivity (Wildman–Crippen MR) is 145 cm³/mol. The van der Waals surface area contributed by atoms with Crippen LogP contribution in [0, 0.1) is 0 Å². The Kier molecular flexibility index (Phi) is 4.35. The van der Waals surface area contributed by atoms with E-state index in [-0.39, 0.29) is 5.41 Å². The Balaban J connectivity index is 0.00000101. The molecule has 0 N–H and O–H groups in total. The topological polar surface area (TPSA) is 0 Å². The molecule has 0 fully saturated rings. The molecule has 7 rings (SSSR count). The Morgan fingerprint density at radius 2 is 1.12 bits per heavy atom. The van der Waals surface area contributed by atoms with E-state index in [0.29, 0.717) is 0 Å². The van der Waals surface area contributed by atoms with Gasteiger partial charge < -0.3 is 0 Å². The highest BCUT2D eigenvalue weighted by Crippen LogP contribution is 2.53. The molecule has 0 nitrogen and oxygen atoms in total. The number of benzene rings is 6. The van der Waals surface area contributed by atoms with E-state index in [1.807, 2.05) is 13.8 Å². The Hall–Kier alpha value is -3.64. The molecule has 6 aromatic carbocycles. The molecule has 0 bridgehead atoms. The average Bonchev–Trinajstić information content (AvgIpc) is 2.86. The highest BCUT2D eigenvalue weighted by Gasteiger charge is 2.36. The molecule has 0 heteroatoms. The lowest BCUT2D eigenvalue weighted by atomic mass is 9.65. The Labute approximate surface area is 195 Å². The van der Waals surface area contributed by atoms with Crippen molar-refractivity contribution >= 4 is 43.1 Å². The molecule has 0 spiro atoms. The third-order valence-corrected chi connectivity index (χ3v) is 7.35. The molecule has 1 aliphatic carbocycles. The zero-order valence-electron chi connectivity index (χ0n) is 19.7. The van der Waals surface area contributed by atoms with Crippen molar-refractivity contribution in [1.82, 2.24) is 0 Å². The van der Waals surface area contributed by atoms with E-state index in [9.17, 15) is 0 Å². The predicted octanol–water partition coefficient (Wildman–Crippen LogP) is 9.63. The molecule has 0 radical (unpaired) electrons. The molecule has 1 aliphatic rings. The molecule has 0 saturated heterocycles. The monoisotopic (exact) mass is 424 g/mol. The van der Waals surface area contributed by atoms with Gasteiger partial charge in [-0.25, -0.2) is 0 Å². The summed E-state index contributed by atoms with van der Waals surface area (Å²) in [6.07, 6.45) is 0. The van der Waals surface area contributed by atoms with Crippen LogP contribution in [-0.4, -0.2) is 0 Å². The van der Waals surface area contributed by atoms with E-state index in [4.69, 9.17) is 0 Å². The molecule has 33 heavy (non-hydrogen) atoms. The molecule has 0 unspecified atom stereocenters. The Bertz CT molecular complexity index is 1700. The summed E-state index contributed by atoms with van der Waals surface area (Å²) in [5.74, 6) is 0. The third-order valence-electron chi connectivity index (χ3n) is 7.35. The number of hydrogen-bond donors (Lipinski definition) is 0. The van der Waals surface area contributed by atoms with E-state index in [1.54, 1.807) is 0 Å². The van der Waals surface area contributed by atoms with Gasteiger partial charge in [0.05, 0.1) is 0 Å². The van der Waals surface area contributed by atoms with Gasteiger partial charge in [0, 0.05) is 5.41 Å². The summed E-state index contributed by atoms with van der Waals surface area (Å²) in [5, 5.41) is 10.8. The Morgan fingerprint density at radius 3 is 1.94 bits per heavy atom. The van der Waals surface area contributed by atoms with Gasteiger partial charge in [-0.05, 0) is 71.4 Å². The number of hydrogen-bond acceptors (Lipinski definition) is 0. The minimum atomic E-state index is -0.106. The van der Waals surface area contributed by atoms with Crippen LogP contribution < -0.4 is 0 Å². The van der Waals surface area contributed by atoms with E-state index >= 15 is 0 Å². The van der Waals surface area contributed by atoms with Crippen molar-refractivity contribution in [3.05, 3.63) is 108 Å².